The molecule has 1 radical (unpaired) electrons. The lowest BCUT2D eigenvalue weighted by molar-refractivity contribution is 0.807. The average molecular weight is 331 g/mol. The molecule has 2 rings (SSSR count). The maximum atomic E-state index is 4.07. The van der Waals surface area contributed by atoms with Crippen molar-refractivity contribution >= 4 is 7.28 Å². The second-order valence-electron chi connectivity index (χ2n) is 7.58. The van der Waals surface area contributed by atoms with Crippen molar-refractivity contribution in [2.45, 2.75) is 65.5 Å². The van der Waals surface area contributed by atoms with Gasteiger partial charge in [0.15, 0.2) is 0 Å². The van der Waals surface area contributed by atoms with Gasteiger partial charge in [-0.1, -0.05) is 74.1 Å². The second kappa shape index (κ2) is 9.08. The lowest BCUT2D eigenvalue weighted by Crippen LogP contribution is -2.15. The van der Waals surface area contributed by atoms with Gasteiger partial charge in [-0.2, -0.15) is 0 Å². The van der Waals surface area contributed by atoms with Crippen LogP contribution in [0.15, 0.2) is 54.6 Å². The molecule has 0 fully saturated rings. The van der Waals surface area contributed by atoms with E-state index in [2.05, 4.69) is 90.9 Å². The molecule has 0 spiro atoms. The molecule has 131 valence electrons. The maximum Gasteiger partial charge on any atom is 0.123 e. The first kappa shape index (κ1) is 19.6. The van der Waals surface area contributed by atoms with Gasteiger partial charge >= 0.3 is 0 Å². The Kier molecular flexibility index (Phi) is 7.11. The summed E-state index contributed by atoms with van der Waals surface area (Å²) in [7, 11) is 2.53. The molecular weight excluding hydrogens is 299 g/mol. The van der Waals surface area contributed by atoms with Gasteiger partial charge in [0.05, 0.1) is 0 Å². The van der Waals surface area contributed by atoms with E-state index in [0.29, 0.717) is 11.6 Å². The van der Waals surface area contributed by atoms with E-state index in [1.807, 2.05) is 0 Å². The van der Waals surface area contributed by atoms with Crippen molar-refractivity contribution < 1.29 is 0 Å². The predicted molar refractivity (Wildman–Crippen MR) is 113 cm³/mol. The third-order valence-electron chi connectivity index (χ3n) is 5.17. The van der Waals surface area contributed by atoms with Gasteiger partial charge in [0.2, 0.25) is 0 Å². The molecule has 0 aromatic heterocycles. The van der Waals surface area contributed by atoms with Crippen LogP contribution in [0.1, 0.15) is 67.2 Å². The van der Waals surface area contributed by atoms with Crippen LogP contribution in [0.3, 0.4) is 0 Å². The molecule has 0 nitrogen and oxygen atoms in total. The van der Waals surface area contributed by atoms with E-state index >= 15 is 0 Å². The highest BCUT2D eigenvalue weighted by molar-refractivity contribution is 6.39. The Morgan fingerprint density at radius 3 is 2.36 bits per heavy atom. The second-order valence-corrected chi connectivity index (χ2v) is 7.58. The number of rotatable bonds is 8. The van der Waals surface area contributed by atoms with E-state index in [4.69, 9.17) is 0 Å². The van der Waals surface area contributed by atoms with Crippen LogP contribution in [0.5, 0.6) is 0 Å². The van der Waals surface area contributed by atoms with Crippen molar-refractivity contribution in [2.75, 3.05) is 0 Å². The minimum atomic E-state index is 0.518. The van der Waals surface area contributed by atoms with Gasteiger partial charge in [-0.3, -0.25) is 0 Å². The summed E-state index contributed by atoms with van der Waals surface area (Å²) in [4.78, 5) is 0. The summed E-state index contributed by atoms with van der Waals surface area (Å²) in [5.41, 5.74) is 8.50. The Morgan fingerprint density at radius 2 is 1.76 bits per heavy atom. The smallest absolute Gasteiger partial charge is 0.100 e. The highest BCUT2D eigenvalue weighted by Crippen LogP contribution is 2.31. The average Bonchev–Trinajstić information content (AvgIpc) is 2.57. The SMILES string of the molecule is C=C(C)CC(C)[B]C(CC)c1ccc(C)c(Cc2ccccc2)c1C. The fourth-order valence-electron chi connectivity index (χ4n) is 3.86. The zero-order chi connectivity index (χ0) is 18.4. The molecule has 2 unspecified atom stereocenters. The fourth-order valence-corrected chi connectivity index (χ4v) is 3.86. The summed E-state index contributed by atoms with van der Waals surface area (Å²) in [6.45, 7) is 15.3. The summed E-state index contributed by atoms with van der Waals surface area (Å²) in [5, 5.41) is 0. The fraction of sp³-hybridized carbons (Fsp3) is 0.417. The Balaban J connectivity index is 2.28. The van der Waals surface area contributed by atoms with Crippen LogP contribution in [0.25, 0.3) is 0 Å². The first-order chi connectivity index (χ1) is 11.9. The van der Waals surface area contributed by atoms with Gasteiger partial charge < -0.3 is 0 Å². The molecule has 0 saturated heterocycles. The Labute approximate surface area is 155 Å². The standard InChI is InChI=1S/C24H32B/c1-7-24(25-19(5)15-17(2)3)22-14-13-18(4)23(20(22)6)16-21-11-9-8-10-12-21/h8-14,19,24H,2,7,15-16H2,1,3-6H3. The Bertz CT molecular complexity index is 700. The summed E-state index contributed by atoms with van der Waals surface area (Å²) in [6.07, 6.45) is 3.25. The molecule has 1 heteroatoms. The first-order valence-corrected chi connectivity index (χ1v) is 9.54. The van der Waals surface area contributed by atoms with Gasteiger partial charge in [-0.05, 0) is 67.2 Å². The van der Waals surface area contributed by atoms with Crippen molar-refractivity contribution in [1.29, 1.82) is 0 Å². The minimum absolute atomic E-state index is 0.518. The van der Waals surface area contributed by atoms with Gasteiger partial charge in [0, 0.05) is 0 Å². The highest BCUT2D eigenvalue weighted by Gasteiger charge is 2.19. The zero-order valence-electron chi connectivity index (χ0n) is 16.6. The molecule has 2 aromatic rings. The third kappa shape index (κ3) is 5.36. The largest absolute Gasteiger partial charge is 0.123 e. The highest BCUT2D eigenvalue weighted by atomic mass is 14.2. The van der Waals surface area contributed by atoms with E-state index in [1.54, 1.807) is 0 Å². The van der Waals surface area contributed by atoms with Crippen molar-refractivity contribution in [1.82, 2.24) is 0 Å². The van der Waals surface area contributed by atoms with Crippen molar-refractivity contribution in [3.63, 3.8) is 0 Å². The summed E-state index contributed by atoms with van der Waals surface area (Å²) >= 11 is 0. The predicted octanol–water partition coefficient (Wildman–Crippen LogP) is 6.82. The van der Waals surface area contributed by atoms with E-state index in [-0.39, 0.29) is 0 Å². The topological polar surface area (TPSA) is 0 Å². The van der Waals surface area contributed by atoms with Crippen molar-refractivity contribution in [3.8, 4) is 0 Å². The molecule has 2 atom stereocenters. The monoisotopic (exact) mass is 331 g/mol. The number of allylic oxidation sites excluding steroid dienone is 1. The van der Waals surface area contributed by atoms with Gasteiger partial charge in [-0.25, -0.2) is 0 Å². The van der Waals surface area contributed by atoms with Crippen LogP contribution in [0.4, 0.5) is 0 Å². The quantitative estimate of drug-likeness (QED) is 0.367. The zero-order valence-corrected chi connectivity index (χ0v) is 16.6. The van der Waals surface area contributed by atoms with E-state index in [9.17, 15) is 0 Å². The number of benzene rings is 2. The Hall–Kier alpha value is -1.76. The molecular formula is C24H32B. The van der Waals surface area contributed by atoms with E-state index in [0.717, 1.165) is 19.3 Å². The summed E-state index contributed by atoms with van der Waals surface area (Å²) < 4.78 is 0. The van der Waals surface area contributed by atoms with Crippen LogP contribution in [-0.2, 0) is 6.42 Å². The first-order valence-electron chi connectivity index (χ1n) is 9.54. The normalized spacial score (nSPS) is 13.3. The lowest BCUT2D eigenvalue weighted by atomic mass is 9.51. The van der Waals surface area contributed by atoms with Crippen LogP contribution in [0, 0.1) is 13.8 Å². The molecule has 0 aliphatic rings. The van der Waals surface area contributed by atoms with Crippen molar-refractivity contribution in [3.05, 3.63) is 82.4 Å². The van der Waals surface area contributed by atoms with Crippen LogP contribution < -0.4 is 0 Å². The number of hydrogen-bond acceptors (Lipinski definition) is 0. The molecule has 0 bridgehead atoms. The molecule has 25 heavy (non-hydrogen) atoms. The van der Waals surface area contributed by atoms with Gasteiger partial charge in [-0.15, -0.1) is 6.58 Å². The molecule has 0 aliphatic carbocycles. The van der Waals surface area contributed by atoms with Gasteiger partial charge in [0.25, 0.3) is 0 Å². The maximum absolute atomic E-state index is 4.07. The van der Waals surface area contributed by atoms with Crippen LogP contribution in [-0.4, -0.2) is 7.28 Å². The molecule has 0 aliphatic heterocycles. The lowest BCUT2D eigenvalue weighted by Gasteiger charge is -2.23. The van der Waals surface area contributed by atoms with Crippen molar-refractivity contribution in [2.24, 2.45) is 0 Å². The molecule has 0 amide bonds. The molecule has 2 aromatic carbocycles. The summed E-state index contributed by atoms with van der Waals surface area (Å²) in [6, 6.07) is 15.5. The van der Waals surface area contributed by atoms with Crippen LogP contribution in [0.2, 0.25) is 5.82 Å². The van der Waals surface area contributed by atoms with E-state index in [1.165, 1.54) is 33.4 Å². The van der Waals surface area contributed by atoms with Crippen LogP contribution >= 0.6 is 0 Å². The minimum Gasteiger partial charge on any atom is -0.100 e. The summed E-state index contributed by atoms with van der Waals surface area (Å²) in [5.74, 6) is 1.09. The third-order valence-corrected chi connectivity index (χ3v) is 5.17. The molecule has 0 saturated carbocycles. The number of aryl methyl sites for hydroxylation is 1. The van der Waals surface area contributed by atoms with Gasteiger partial charge in [0.1, 0.15) is 7.28 Å². The molecule has 0 heterocycles. The Morgan fingerprint density at radius 1 is 1.08 bits per heavy atom. The number of hydrogen-bond donors (Lipinski definition) is 0. The van der Waals surface area contributed by atoms with E-state index < -0.39 is 0 Å². The molecule has 0 N–H and O–H groups in total.